The van der Waals surface area contributed by atoms with Crippen LogP contribution in [0.5, 0.6) is 0 Å². The van der Waals surface area contributed by atoms with Crippen molar-refractivity contribution in [2.75, 3.05) is 23.9 Å². The molecule has 3 aliphatic heterocycles. The van der Waals surface area contributed by atoms with Crippen molar-refractivity contribution in [2.24, 2.45) is 5.92 Å². The van der Waals surface area contributed by atoms with Gasteiger partial charge >= 0.3 is 0 Å². The number of anilines is 1. The number of aliphatic hydroxyl groups is 8. The molecule has 4 aromatic rings. The fraction of sp³-hybridized carbons (Fsp3) is 0.419. The van der Waals surface area contributed by atoms with E-state index in [0.29, 0.717) is 28.8 Å². The lowest BCUT2D eigenvalue weighted by atomic mass is 9.78. The highest BCUT2D eigenvalue weighted by atomic mass is 32.2. The molecule has 8 N–H and O–H groups in total. The summed E-state index contributed by atoms with van der Waals surface area (Å²) in [4.78, 5) is 15.0. The predicted molar refractivity (Wildman–Crippen MR) is 211 cm³/mol. The molecule has 7 rings (SSSR count). The van der Waals surface area contributed by atoms with Crippen LogP contribution in [0.15, 0.2) is 102 Å². The minimum absolute atomic E-state index is 0.132. The van der Waals surface area contributed by atoms with E-state index in [1.807, 2.05) is 12.1 Å². The Morgan fingerprint density at radius 1 is 0.672 bits per heavy atom. The molecule has 18 heteroatoms. The van der Waals surface area contributed by atoms with Crippen LogP contribution in [-0.4, -0.2) is 135 Å². The minimum Gasteiger partial charge on any atom is -0.394 e. The summed E-state index contributed by atoms with van der Waals surface area (Å²) in [5.41, 5.74) is 3.14. The second-order valence-electron chi connectivity index (χ2n) is 15.5. The molecule has 13 atom stereocenters. The van der Waals surface area contributed by atoms with Crippen molar-refractivity contribution in [3.8, 4) is 11.1 Å². The maximum atomic E-state index is 13.8. The highest BCUT2D eigenvalue weighted by Crippen LogP contribution is 2.46. The van der Waals surface area contributed by atoms with Gasteiger partial charge in [0.15, 0.2) is 16.1 Å². The first kappa shape index (κ1) is 44.8. The Bertz CT molecular complexity index is 2210. The number of benzene rings is 4. The lowest BCUT2D eigenvalue weighted by Crippen LogP contribution is -2.65. The summed E-state index contributed by atoms with van der Waals surface area (Å²) in [5, 5.41) is 82.7. The standard InChI is InChI=1S/C43H47F2NO14S/c44-26-9-5-24(6-10-26)31(49)18-17-30-35(46(42(30)55)28-13-11-27(45)12-14-28)25-3-1-22(2-4-25)23-7-15-29(16-8-23)61(56,57)21-34-37(51)39(53)41(33(20-48)58-34)60-43-40(54)38(52)36(50)32(19-47)59-43/h1-16,30-41,43,47-54H,17-21H2/t30-,31+,32-,33-,34+,35-,36-,37+,38+,39-,40-,41?,43+/m1/s1. The van der Waals surface area contributed by atoms with Gasteiger partial charge in [-0.25, -0.2) is 17.2 Å². The van der Waals surface area contributed by atoms with Gasteiger partial charge in [-0.05, 0) is 83.6 Å². The van der Waals surface area contributed by atoms with Crippen molar-refractivity contribution < 1.29 is 77.1 Å². The molecule has 0 aliphatic carbocycles. The third-order valence-electron chi connectivity index (χ3n) is 11.6. The second kappa shape index (κ2) is 18.6. The van der Waals surface area contributed by atoms with Crippen LogP contribution >= 0.6 is 0 Å². The van der Waals surface area contributed by atoms with Crippen molar-refractivity contribution >= 4 is 21.4 Å². The summed E-state index contributed by atoms with van der Waals surface area (Å²) < 4.78 is 70.9. The quantitative estimate of drug-likeness (QED) is 0.0834. The first-order valence-corrected chi connectivity index (χ1v) is 21.3. The van der Waals surface area contributed by atoms with E-state index in [0.717, 1.165) is 5.56 Å². The van der Waals surface area contributed by atoms with Crippen molar-refractivity contribution in [2.45, 2.75) is 91.1 Å². The molecule has 0 radical (unpaired) electrons. The number of β-lactam (4-membered cyclic amide) rings is 1. The lowest BCUT2D eigenvalue weighted by molar-refractivity contribution is -0.341. The Morgan fingerprint density at radius 3 is 1.82 bits per heavy atom. The second-order valence-corrected chi connectivity index (χ2v) is 17.5. The molecule has 0 spiro atoms. The number of sulfone groups is 1. The van der Waals surface area contributed by atoms with E-state index in [1.54, 1.807) is 29.2 Å². The molecule has 0 bridgehead atoms. The van der Waals surface area contributed by atoms with Crippen molar-refractivity contribution in [3.63, 3.8) is 0 Å². The molecule has 328 valence electrons. The number of hydrogen-bond donors (Lipinski definition) is 8. The molecule has 1 unspecified atom stereocenters. The summed E-state index contributed by atoms with van der Waals surface area (Å²) in [5.74, 6) is -2.41. The molecule has 0 saturated carbocycles. The van der Waals surface area contributed by atoms with Gasteiger partial charge in [0.1, 0.15) is 66.6 Å². The molecule has 15 nitrogen and oxygen atoms in total. The molecular formula is C43H47F2NO14S. The van der Waals surface area contributed by atoms with Crippen LogP contribution < -0.4 is 4.90 Å². The van der Waals surface area contributed by atoms with Crippen molar-refractivity contribution in [1.82, 2.24) is 0 Å². The SMILES string of the molecule is O=C1[C@H](CC[C@H](O)c2ccc(F)cc2)[C@@H](c2ccc(-c3ccc(S(=O)(=O)C[C@@H]4O[C@H](CO)C(O[C@@H]5O[C@H](CO)[C@@H](O)[C@H](O)[C@H]5O)[C@H](O)[C@H]4O)cc3)cc2)N1c1ccc(F)cc1. The van der Waals surface area contributed by atoms with Gasteiger partial charge in [0.05, 0.1) is 41.9 Å². The Kier molecular flexibility index (Phi) is 13.6. The van der Waals surface area contributed by atoms with E-state index in [1.165, 1.54) is 60.7 Å². The van der Waals surface area contributed by atoms with Gasteiger partial charge < -0.3 is 60.0 Å². The van der Waals surface area contributed by atoms with Crippen molar-refractivity contribution in [3.05, 3.63) is 120 Å². The summed E-state index contributed by atoms with van der Waals surface area (Å²) >= 11 is 0. The summed E-state index contributed by atoms with van der Waals surface area (Å²) in [7, 11) is -4.18. The molecule has 3 aliphatic rings. The lowest BCUT2D eigenvalue weighted by Gasteiger charge is -2.48. The Balaban J connectivity index is 1.02. The van der Waals surface area contributed by atoms with Crippen LogP contribution in [0.3, 0.4) is 0 Å². The molecule has 1 amide bonds. The minimum atomic E-state index is -4.18. The molecule has 3 fully saturated rings. The highest BCUT2D eigenvalue weighted by molar-refractivity contribution is 7.91. The van der Waals surface area contributed by atoms with Gasteiger partial charge in [-0.1, -0.05) is 48.5 Å². The van der Waals surface area contributed by atoms with Gasteiger partial charge in [-0.15, -0.1) is 0 Å². The average Bonchev–Trinajstić information content (AvgIpc) is 3.26. The predicted octanol–water partition coefficient (Wildman–Crippen LogP) is 1.29. The maximum Gasteiger partial charge on any atom is 0.233 e. The highest BCUT2D eigenvalue weighted by Gasteiger charge is 2.51. The number of hydrogen-bond acceptors (Lipinski definition) is 14. The van der Waals surface area contributed by atoms with Gasteiger partial charge in [0.2, 0.25) is 5.91 Å². The summed E-state index contributed by atoms with van der Waals surface area (Å²) in [6.45, 7) is -1.58. The van der Waals surface area contributed by atoms with Crippen LogP contribution in [0.1, 0.15) is 36.1 Å². The van der Waals surface area contributed by atoms with E-state index in [-0.39, 0.29) is 17.2 Å². The van der Waals surface area contributed by atoms with E-state index < -0.39 is 120 Å². The number of carbonyl (C=O) groups is 1. The Labute approximate surface area is 349 Å². The zero-order valence-corrected chi connectivity index (χ0v) is 33.2. The Morgan fingerprint density at radius 2 is 1.23 bits per heavy atom. The third kappa shape index (κ3) is 9.27. The maximum absolute atomic E-state index is 13.8. The zero-order chi connectivity index (χ0) is 43.7. The summed E-state index contributed by atoms with van der Waals surface area (Å²) in [6, 6.07) is 23.8. The Hall–Kier alpha value is -4.28. The monoisotopic (exact) mass is 871 g/mol. The van der Waals surface area contributed by atoms with Crippen LogP contribution in [0, 0.1) is 17.6 Å². The zero-order valence-electron chi connectivity index (χ0n) is 32.4. The van der Waals surface area contributed by atoms with E-state index in [4.69, 9.17) is 14.2 Å². The fourth-order valence-corrected chi connectivity index (χ4v) is 9.59. The average molecular weight is 872 g/mol. The molecule has 3 heterocycles. The number of rotatable bonds is 14. The van der Waals surface area contributed by atoms with Crippen molar-refractivity contribution in [1.29, 1.82) is 0 Å². The fourth-order valence-electron chi connectivity index (χ4n) is 8.13. The number of halogens is 2. The molecular weight excluding hydrogens is 825 g/mol. The van der Waals surface area contributed by atoms with Crippen LogP contribution in [0.25, 0.3) is 11.1 Å². The van der Waals surface area contributed by atoms with E-state index >= 15 is 0 Å². The number of aliphatic hydroxyl groups excluding tert-OH is 8. The number of amides is 1. The molecule has 3 saturated heterocycles. The van der Waals surface area contributed by atoms with Crippen LogP contribution in [-0.2, 0) is 28.8 Å². The first-order valence-electron chi connectivity index (χ1n) is 19.7. The van der Waals surface area contributed by atoms with Crippen LogP contribution in [0.4, 0.5) is 14.5 Å². The number of ether oxygens (including phenoxy) is 3. The van der Waals surface area contributed by atoms with Crippen LogP contribution in [0.2, 0.25) is 0 Å². The molecule has 4 aromatic carbocycles. The molecule has 0 aromatic heterocycles. The topological polar surface area (TPSA) is 244 Å². The van der Waals surface area contributed by atoms with Gasteiger partial charge in [0.25, 0.3) is 0 Å². The van der Waals surface area contributed by atoms with Gasteiger partial charge in [0, 0.05) is 5.69 Å². The number of nitrogens with zero attached hydrogens (tertiary/aromatic N) is 1. The third-order valence-corrected chi connectivity index (χ3v) is 13.4. The first-order chi connectivity index (χ1) is 29.1. The largest absolute Gasteiger partial charge is 0.394 e. The molecule has 61 heavy (non-hydrogen) atoms. The van der Waals surface area contributed by atoms with Gasteiger partial charge in [-0.3, -0.25) is 4.79 Å². The van der Waals surface area contributed by atoms with E-state index in [2.05, 4.69) is 0 Å². The summed E-state index contributed by atoms with van der Waals surface area (Å²) in [6.07, 6.45) is -17.1. The van der Waals surface area contributed by atoms with Gasteiger partial charge in [-0.2, -0.15) is 0 Å². The number of carbonyl (C=O) groups excluding carboxylic acids is 1. The smallest absolute Gasteiger partial charge is 0.233 e. The normalized spacial score (nSPS) is 31.1. The van der Waals surface area contributed by atoms with E-state index in [9.17, 15) is 62.8 Å².